The predicted octanol–water partition coefficient (Wildman–Crippen LogP) is 4.13. The van der Waals surface area contributed by atoms with E-state index in [0.29, 0.717) is 18.4 Å². The fourth-order valence-electron chi connectivity index (χ4n) is 10.5. The van der Waals surface area contributed by atoms with E-state index >= 15 is 4.79 Å². The van der Waals surface area contributed by atoms with Gasteiger partial charge in [0.05, 0.1) is 41.6 Å². The number of fused-ring (bicyclic) bond motifs is 5. The largest absolute Gasteiger partial charge is 0.456 e. The van der Waals surface area contributed by atoms with E-state index < -0.39 is 119 Å². The molecule has 1 unspecified atom stereocenters. The van der Waals surface area contributed by atoms with Crippen molar-refractivity contribution in [2.75, 3.05) is 6.61 Å². The van der Waals surface area contributed by atoms with Gasteiger partial charge >= 0.3 is 23.9 Å². The van der Waals surface area contributed by atoms with Gasteiger partial charge in [-0.15, -0.1) is 0 Å². The predicted molar refractivity (Wildman–Crippen MR) is 225 cm³/mol. The molecular weight excluding hydrogens is 827 g/mol. The number of hydrogen-bond donors (Lipinski definition) is 4. The highest BCUT2D eigenvalue weighted by atomic mass is 16.6. The molecule has 1 amide bonds. The smallest absolute Gasteiger partial charge is 0.338 e. The van der Waals surface area contributed by atoms with Crippen molar-refractivity contribution in [2.24, 2.45) is 22.7 Å². The SMILES string of the molecule is CC(=O)O[C@H]1C(=O)[C@]2(C)[C@@H](O)CC3OC[C@@]3(OC(=O)C3CC3)[C@H]2[C@H](OC(=O)c2ccccc2)[C@]2(O)C[C@H](OC(=O)[C@H](O)[C@@H](NC(=O)c3ccccc3)c3ccccc3)C(C)=C1C2(C)C. The van der Waals surface area contributed by atoms with Crippen LogP contribution in [-0.2, 0) is 42.9 Å². The highest BCUT2D eigenvalue weighted by molar-refractivity contribution is 5.96. The summed E-state index contributed by atoms with van der Waals surface area (Å²) in [6, 6.07) is 23.1. The molecule has 2 bridgehead atoms. The molecule has 4 aliphatic carbocycles. The van der Waals surface area contributed by atoms with E-state index in [1.165, 1.54) is 26.0 Å². The van der Waals surface area contributed by atoms with Gasteiger partial charge in [0, 0.05) is 30.7 Å². The zero-order valence-electron chi connectivity index (χ0n) is 36.2. The number of nitrogens with one attached hydrogen (secondary N) is 1. The lowest BCUT2D eigenvalue weighted by Crippen LogP contribution is -2.82. The fourth-order valence-corrected chi connectivity index (χ4v) is 10.5. The third-order valence-corrected chi connectivity index (χ3v) is 14.3. The number of amides is 1. The van der Waals surface area contributed by atoms with Gasteiger partial charge in [-0.05, 0) is 67.7 Å². The molecule has 3 aromatic rings. The molecule has 8 rings (SSSR count). The average Bonchev–Trinajstić information content (AvgIpc) is 4.13. The van der Waals surface area contributed by atoms with Crippen molar-refractivity contribution < 1.29 is 67.8 Å². The highest BCUT2D eigenvalue weighted by Crippen LogP contribution is 2.64. The van der Waals surface area contributed by atoms with Gasteiger partial charge in [0.1, 0.15) is 23.9 Å². The zero-order chi connectivity index (χ0) is 45.9. The number of carbonyl (C=O) groups excluding carboxylic acids is 6. The quantitative estimate of drug-likeness (QED) is 0.121. The Labute approximate surface area is 370 Å². The number of ketones is 1. The molecule has 0 radical (unpaired) electrons. The molecule has 1 saturated heterocycles. The van der Waals surface area contributed by atoms with Crippen LogP contribution in [0.15, 0.2) is 102 Å². The van der Waals surface area contributed by atoms with Crippen LogP contribution in [0.5, 0.6) is 0 Å². The van der Waals surface area contributed by atoms with Crippen LogP contribution < -0.4 is 5.32 Å². The molecule has 15 nitrogen and oxygen atoms in total. The minimum atomic E-state index is -2.39. The standard InChI is InChI=1S/C49H53NO14/c1-26-32(62-45(58)37(53)36(28-15-9-6-10-16-28)50-42(55)29-17-11-7-12-18-29)24-49(59)41(63-43(56)30-19-13-8-14-20-30)39-47(5,40(54)38(61-27(2)51)35(26)46(49,3)4)33(52)23-34-48(39,25-60-34)64-44(57)31-21-22-31/h6-20,31-34,36-39,41,52-53,59H,21-25H2,1-5H3,(H,50,55)/t32-,33-,34?,36-,37+,38+,39-,41-,47+,48-,49+/m0/s1. The molecule has 15 heteroatoms. The van der Waals surface area contributed by atoms with Crippen molar-refractivity contribution in [3.8, 4) is 0 Å². The summed E-state index contributed by atoms with van der Waals surface area (Å²) in [6.45, 7) is 6.94. The van der Waals surface area contributed by atoms with Gasteiger partial charge < -0.3 is 44.3 Å². The first-order chi connectivity index (χ1) is 30.3. The van der Waals surface area contributed by atoms with Crippen LogP contribution in [0.1, 0.15) is 92.6 Å². The molecule has 1 aliphatic heterocycles. The Hall–Kier alpha value is -5.74. The Bertz CT molecular complexity index is 2370. The lowest BCUT2D eigenvalue weighted by atomic mass is 9.44. The topological polar surface area (TPSA) is 221 Å². The van der Waals surface area contributed by atoms with E-state index in [2.05, 4.69) is 5.32 Å². The summed E-state index contributed by atoms with van der Waals surface area (Å²) < 4.78 is 30.9. The van der Waals surface area contributed by atoms with E-state index in [-0.39, 0.29) is 35.3 Å². The van der Waals surface area contributed by atoms with Crippen LogP contribution in [-0.4, -0.2) is 105 Å². The van der Waals surface area contributed by atoms with E-state index in [4.69, 9.17) is 23.7 Å². The summed E-state index contributed by atoms with van der Waals surface area (Å²) in [6.07, 6.45) is -9.30. The Morgan fingerprint density at radius 1 is 0.844 bits per heavy atom. The van der Waals surface area contributed by atoms with Crippen molar-refractivity contribution >= 4 is 35.6 Å². The van der Waals surface area contributed by atoms with Crippen LogP contribution in [0.2, 0.25) is 0 Å². The van der Waals surface area contributed by atoms with E-state index in [1.807, 2.05) is 0 Å². The Balaban J connectivity index is 1.27. The van der Waals surface area contributed by atoms with Crippen molar-refractivity contribution in [2.45, 2.75) is 114 Å². The Morgan fingerprint density at radius 3 is 2.00 bits per heavy atom. The number of aliphatic hydroxyl groups is 3. The van der Waals surface area contributed by atoms with Crippen molar-refractivity contribution in [3.63, 3.8) is 0 Å². The van der Waals surface area contributed by atoms with Crippen molar-refractivity contribution in [1.82, 2.24) is 5.32 Å². The maximum atomic E-state index is 15.6. The van der Waals surface area contributed by atoms with Crippen LogP contribution in [0.3, 0.4) is 0 Å². The molecular formula is C49H53NO14. The second kappa shape index (κ2) is 16.7. The molecule has 338 valence electrons. The van der Waals surface area contributed by atoms with Gasteiger partial charge in [0.2, 0.25) is 0 Å². The lowest BCUT2D eigenvalue weighted by molar-refractivity contribution is -0.346. The lowest BCUT2D eigenvalue weighted by Gasteiger charge is -2.67. The second-order valence-corrected chi connectivity index (χ2v) is 18.5. The third kappa shape index (κ3) is 7.41. The number of carbonyl (C=O) groups is 6. The van der Waals surface area contributed by atoms with Gasteiger partial charge in [-0.25, -0.2) is 9.59 Å². The van der Waals surface area contributed by atoms with Crippen LogP contribution >= 0.6 is 0 Å². The number of Topliss-reactive ketones (excluding diaryl/α,β-unsaturated/α-hetero) is 1. The van der Waals surface area contributed by atoms with Gasteiger partial charge in [0.25, 0.3) is 5.91 Å². The molecule has 0 aromatic heterocycles. The maximum absolute atomic E-state index is 15.6. The molecule has 3 aromatic carbocycles. The first kappa shape index (κ1) is 44.9. The van der Waals surface area contributed by atoms with Gasteiger partial charge in [-0.2, -0.15) is 0 Å². The summed E-state index contributed by atoms with van der Waals surface area (Å²) in [5, 5.41) is 40.5. The van der Waals surface area contributed by atoms with E-state index in [9.17, 15) is 39.3 Å². The zero-order valence-corrected chi connectivity index (χ0v) is 36.2. The third-order valence-electron chi connectivity index (χ3n) is 14.3. The maximum Gasteiger partial charge on any atom is 0.338 e. The number of rotatable bonds is 11. The molecule has 3 saturated carbocycles. The Morgan fingerprint density at radius 2 is 1.44 bits per heavy atom. The molecule has 5 aliphatic rings. The molecule has 0 spiro atoms. The van der Waals surface area contributed by atoms with Crippen molar-refractivity contribution in [1.29, 1.82) is 0 Å². The van der Waals surface area contributed by atoms with Crippen LogP contribution in [0, 0.1) is 22.7 Å². The number of aliphatic hydroxyl groups excluding tert-OH is 2. The molecule has 11 atom stereocenters. The first-order valence-electron chi connectivity index (χ1n) is 21.6. The minimum absolute atomic E-state index is 0.00868. The summed E-state index contributed by atoms with van der Waals surface area (Å²) in [4.78, 5) is 84.7. The normalized spacial score (nSPS) is 32.4. The molecule has 4 fully saturated rings. The van der Waals surface area contributed by atoms with Gasteiger partial charge in [0.15, 0.2) is 23.6 Å². The van der Waals surface area contributed by atoms with Gasteiger partial charge in [-0.3, -0.25) is 19.2 Å². The van der Waals surface area contributed by atoms with E-state index in [1.54, 1.807) is 92.7 Å². The first-order valence-corrected chi connectivity index (χ1v) is 21.6. The van der Waals surface area contributed by atoms with Gasteiger partial charge in [-0.1, -0.05) is 80.6 Å². The number of esters is 4. The molecule has 4 N–H and O–H groups in total. The summed E-state index contributed by atoms with van der Waals surface area (Å²) in [7, 11) is 0. The van der Waals surface area contributed by atoms with E-state index in [0.717, 1.165) is 6.92 Å². The van der Waals surface area contributed by atoms with Crippen LogP contribution in [0.4, 0.5) is 0 Å². The summed E-state index contributed by atoms with van der Waals surface area (Å²) >= 11 is 0. The summed E-state index contributed by atoms with van der Waals surface area (Å²) in [5.74, 6) is -7.00. The number of benzene rings is 3. The number of hydrogen-bond acceptors (Lipinski definition) is 14. The molecule has 64 heavy (non-hydrogen) atoms. The monoisotopic (exact) mass is 879 g/mol. The fraction of sp³-hybridized carbons (Fsp3) is 0.469. The second-order valence-electron chi connectivity index (χ2n) is 18.5. The summed E-state index contributed by atoms with van der Waals surface area (Å²) in [5.41, 5.74) is -6.94. The average molecular weight is 880 g/mol. The minimum Gasteiger partial charge on any atom is -0.456 e. The van der Waals surface area contributed by atoms with Crippen LogP contribution in [0.25, 0.3) is 0 Å². The highest BCUT2D eigenvalue weighted by Gasteiger charge is 2.78. The Kier molecular flexibility index (Phi) is 11.7. The van der Waals surface area contributed by atoms with Crippen molar-refractivity contribution in [3.05, 3.63) is 119 Å². The number of ether oxygens (including phenoxy) is 5. The molecule has 1 heterocycles.